The highest BCUT2D eigenvalue weighted by atomic mass is 32.2. The van der Waals surface area contributed by atoms with Crippen molar-refractivity contribution in [2.24, 2.45) is 0 Å². The van der Waals surface area contributed by atoms with Crippen molar-refractivity contribution in [2.45, 2.75) is 56.0 Å². The number of carbonyl (C=O) groups excluding carboxylic acids is 2. The Kier molecular flexibility index (Phi) is 6.54. The average Bonchev–Trinajstić information content (AvgIpc) is 2.94. The molecule has 2 rings (SSSR count). The molecule has 2 aliphatic rings. The molecule has 2 aliphatic heterocycles. The number of hydrogen-bond donors (Lipinski definition) is 2. The second-order valence-corrected chi connectivity index (χ2v) is 7.81. The van der Waals surface area contributed by atoms with E-state index >= 15 is 0 Å². The number of carbonyl (C=O) groups is 2. The van der Waals surface area contributed by atoms with Crippen molar-refractivity contribution in [1.29, 1.82) is 0 Å². The van der Waals surface area contributed by atoms with Crippen molar-refractivity contribution in [3.05, 3.63) is 0 Å². The van der Waals surface area contributed by atoms with Gasteiger partial charge in [-0.3, -0.25) is 4.79 Å². The Morgan fingerprint density at radius 2 is 2.29 bits per heavy atom. The first-order valence-electron chi connectivity index (χ1n) is 7.47. The maximum Gasteiger partial charge on any atom is 0.315 e. The Morgan fingerprint density at radius 3 is 3.05 bits per heavy atom. The van der Waals surface area contributed by atoms with Gasteiger partial charge in [0.15, 0.2) is 0 Å². The SMILES string of the molecule is CSC[C@H](C)OC(=O)CCCC[C@@H]1SC[C@@H]2NC(=O)N[C@H]21. The minimum absolute atomic E-state index is 0.00146. The molecule has 4 atom stereocenters. The van der Waals surface area contributed by atoms with Gasteiger partial charge in [-0.2, -0.15) is 23.5 Å². The zero-order valence-corrected chi connectivity index (χ0v) is 14.2. The number of amides is 2. The quantitative estimate of drug-likeness (QED) is 0.404. The first kappa shape index (κ1) is 16.8. The van der Waals surface area contributed by atoms with Gasteiger partial charge >= 0.3 is 12.0 Å². The first-order valence-corrected chi connectivity index (χ1v) is 9.91. The topological polar surface area (TPSA) is 67.4 Å². The molecule has 0 radical (unpaired) electrons. The normalized spacial score (nSPS) is 28.7. The molecular formula is C14H24N2O3S2. The summed E-state index contributed by atoms with van der Waals surface area (Å²) in [4.78, 5) is 22.9. The molecular weight excluding hydrogens is 308 g/mol. The van der Waals surface area contributed by atoms with Crippen LogP contribution < -0.4 is 10.6 Å². The number of thioether (sulfide) groups is 2. The Balaban J connectivity index is 1.58. The largest absolute Gasteiger partial charge is 0.462 e. The fourth-order valence-corrected chi connectivity index (χ4v) is 4.89. The van der Waals surface area contributed by atoms with E-state index in [0.29, 0.717) is 11.7 Å². The van der Waals surface area contributed by atoms with E-state index in [9.17, 15) is 9.59 Å². The number of esters is 1. The molecule has 0 aromatic carbocycles. The van der Waals surface area contributed by atoms with E-state index in [2.05, 4.69) is 10.6 Å². The van der Waals surface area contributed by atoms with Crippen LogP contribution in [0.15, 0.2) is 0 Å². The molecule has 0 unspecified atom stereocenters. The molecule has 0 aromatic heterocycles. The van der Waals surface area contributed by atoms with Gasteiger partial charge in [0, 0.05) is 23.2 Å². The van der Waals surface area contributed by atoms with E-state index in [0.717, 1.165) is 30.8 Å². The summed E-state index contributed by atoms with van der Waals surface area (Å²) in [6, 6.07) is 0.502. The van der Waals surface area contributed by atoms with Gasteiger partial charge in [-0.1, -0.05) is 6.42 Å². The Hall–Kier alpha value is -0.560. The maximum atomic E-state index is 11.6. The van der Waals surface area contributed by atoms with E-state index in [1.165, 1.54) is 0 Å². The van der Waals surface area contributed by atoms with Crippen molar-refractivity contribution < 1.29 is 14.3 Å². The molecule has 2 heterocycles. The van der Waals surface area contributed by atoms with E-state index in [1.807, 2.05) is 24.9 Å². The van der Waals surface area contributed by atoms with Crippen LogP contribution in [0.3, 0.4) is 0 Å². The maximum absolute atomic E-state index is 11.6. The summed E-state index contributed by atoms with van der Waals surface area (Å²) in [5.41, 5.74) is 0. The summed E-state index contributed by atoms with van der Waals surface area (Å²) < 4.78 is 5.31. The molecule has 0 aliphatic carbocycles. The van der Waals surface area contributed by atoms with Gasteiger partial charge in [-0.05, 0) is 26.0 Å². The lowest BCUT2D eigenvalue weighted by molar-refractivity contribution is -0.147. The number of rotatable bonds is 8. The average molecular weight is 332 g/mol. The molecule has 0 saturated carbocycles. The molecule has 120 valence electrons. The molecule has 0 spiro atoms. The third-order valence-corrected chi connectivity index (χ3v) is 6.10. The molecule has 5 nitrogen and oxygen atoms in total. The molecule has 2 amide bonds. The van der Waals surface area contributed by atoms with Crippen molar-refractivity contribution in [3.63, 3.8) is 0 Å². The second-order valence-electron chi connectivity index (χ2n) is 5.62. The number of ether oxygens (including phenoxy) is 1. The Labute approximate surface area is 134 Å². The highest BCUT2D eigenvalue weighted by Gasteiger charge is 2.42. The lowest BCUT2D eigenvalue weighted by atomic mass is 10.0. The summed E-state index contributed by atoms with van der Waals surface area (Å²) in [7, 11) is 0. The van der Waals surface area contributed by atoms with E-state index in [-0.39, 0.29) is 30.2 Å². The van der Waals surface area contributed by atoms with Crippen LogP contribution in [-0.2, 0) is 9.53 Å². The molecule has 7 heteroatoms. The van der Waals surface area contributed by atoms with Gasteiger partial charge in [0.1, 0.15) is 6.10 Å². The Bertz CT molecular complexity index is 381. The zero-order valence-electron chi connectivity index (χ0n) is 12.6. The Morgan fingerprint density at radius 1 is 1.48 bits per heavy atom. The number of urea groups is 1. The number of unbranched alkanes of at least 4 members (excludes halogenated alkanes) is 1. The van der Waals surface area contributed by atoms with Crippen LogP contribution in [0.2, 0.25) is 0 Å². The van der Waals surface area contributed by atoms with Crippen LogP contribution >= 0.6 is 23.5 Å². The number of hydrogen-bond acceptors (Lipinski definition) is 5. The van der Waals surface area contributed by atoms with Crippen molar-refractivity contribution in [2.75, 3.05) is 17.8 Å². The first-order chi connectivity index (χ1) is 10.1. The summed E-state index contributed by atoms with van der Waals surface area (Å²) in [5.74, 6) is 1.74. The molecule has 0 aromatic rings. The lowest BCUT2D eigenvalue weighted by Crippen LogP contribution is -2.36. The summed E-state index contributed by atoms with van der Waals surface area (Å²) in [6.07, 6.45) is 5.41. The fraction of sp³-hybridized carbons (Fsp3) is 0.857. The van der Waals surface area contributed by atoms with Crippen molar-refractivity contribution >= 4 is 35.5 Å². The van der Waals surface area contributed by atoms with Gasteiger partial charge in [0.05, 0.1) is 12.1 Å². The monoisotopic (exact) mass is 332 g/mol. The van der Waals surface area contributed by atoms with Crippen LogP contribution in [0.4, 0.5) is 4.79 Å². The summed E-state index contributed by atoms with van der Waals surface area (Å²) in [5, 5.41) is 6.40. The van der Waals surface area contributed by atoms with E-state index in [1.54, 1.807) is 11.8 Å². The van der Waals surface area contributed by atoms with Crippen LogP contribution in [-0.4, -0.2) is 53.2 Å². The standard InChI is InChI=1S/C14H24N2O3S2/c1-9(7-20-2)19-12(17)6-4-3-5-11-13-10(8-21-11)15-14(18)16-13/h9-11,13H,3-8H2,1-2H3,(H2,15,16,18)/t9-,10-,11-,13+/m0/s1. The smallest absolute Gasteiger partial charge is 0.315 e. The predicted molar refractivity (Wildman–Crippen MR) is 87.9 cm³/mol. The van der Waals surface area contributed by atoms with Gasteiger partial charge in [0.25, 0.3) is 0 Å². The van der Waals surface area contributed by atoms with Gasteiger partial charge < -0.3 is 15.4 Å². The molecule has 0 bridgehead atoms. The van der Waals surface area contributed by atoms with Gasteiger partial charge in [0.2, 0.25) is 0 Å². The van der Waals surface area contributed by atoms with E-state index < -0.39 is 0 Å². The predicted octanol–water partition coefficient (Wildman–Crippen LogP) is 2.01. The highest BCUT2D eigenvalue weighted by Crippen LogP contribution is 2.33. The minimum Gasteiger partial charge on any atom is -0.462 e. The van der Waals surface area contributed by atoms with Gasteiger partial charge in [-0.15, -0.1) is 0 Å². The van der Waals surface area contributed by atoms with Crippen molar-refractivity contribution in [3.8, 4) is 0 Å². The zero-order chi connectivity index (χ0) is 15.2. The van der Waals surface area contributed by atoms with Crippen LogP contribution in [0, 0.1) is 0 Å². The fourth-order valence-electron chi connectivity index (χ4n) is 2.81. The highest BCUT2D eigenvalue weighted by molar-refractivity contribution is 8.00. The van der Waals surface area contributed by atoms with Crippen LogP contribution in [0.5, 0.6) is 0 Å². The van der Waals surface area contributed by atoms with E-state index in [4.69, 9.17) is 4.74 Å². The molecule has 2 saturated heterocycles. The number of fused-ring (bicyclic) bond motifs is 1. The molecule has 21 heavy (non-hydrogen) atoms. The van der Waals surface area contributed by atoms with Crippen LogP contribution in [0.1, 0.15) is 32.6 Å². The summed E-state index contributed by atoms with van der Waals surface area (Å²) >= 11 is 3.60. The second kappa shape index (κ2) is 8.17. The third-order valence-electron chi connectivity index (χ3n) is 3.79. The minimum atomic E-state index is -0.0932. The number of nitrogens with one attached hydrogen (secondary N) is 2. The summed E-state index contributed by atoms with van der Waals surface area (Å²) in [6.45, 7) is 1.93. The lowest BCUT2D eigenvalue weighted by Gasteiger charge is -2.16. The third kappa shape index (κ3) is 4.98. The van der Waals surface area contributed by atoms with Crippen LogP contribution in [0.25, 0.3) is 0 Å². The molecule has 2 fully saturated rings. The molecule has 2 N–H and O–H groups in total. The van der Waals surface area contributed by atoms with Crippen molar-refractivity contribution in [1.82, 2.24) is 10.6 Å². The van der Waals surface area contributed by atoms with Gasteiger partial charge in [-0.25, -0.2) is 4.79 Å².